The molecule has 0 bridgehead atoms. The summed E-state index contributed by atoms with van der Waals surface area (Å²) in [4.78, 5) is 0. The molecule has 128 valence electrons. The molecular weight excluding hydrogens is 311 g/mol. The predicted octanol–water partition coefficient (Wildman–Crippen LogP) is 3.62. The quantitative estimate of drug-likeness (QED) is 0.399. The second-order valence-electron chi connectivity index (χ2n) is 4.75. The first-order valence-electron chi connectivity index (χ1n) is 7.61. The molecule has 0 saturated carbocycles. The van der Waals surface area contributed by atoms with Gasteiger partial charge in [-0.3, -0.25) is 4.57 Å². The van der Waals surface area contributed by atoms with Crippen molar-refractivity contribution in [3.05, 3.63) is 0 Å². The van der Waals surface area contributed by atoms with E-state index >= 15 is 0 Å². The molecule has 0 rings (SSSR count). The monoisotopic (exact) mass is 342 g/mol. The summed E-state index contributed by atoms with van der Waals surface area (Å²) in [6.45, 7) is 14.5. The number of hydrogen-bond acceptors (Lipinski definition) is 6. The highest BCUT2D eigenvalue weighted by Gasteiger charge is 2.66. The minimum Gasteiger partial charge on any atom is -0.373 e. The molecule has 6 nitrogen and oxygen atoms in total. The van der Waals surface area contributed by atoms with Gasteiger partial charge in [-0.15, -0.1) is 0 Å². The predicted molar refractivity (Wildman–Crippen MR) is 85.6 cm³/mol. The maximum absolute atomic E-state index is 13.3. The molecule has 0 N–H and O–H groups in total. The molecular formula is C13H31O6PSi. The largest absolute Gasteiger partial charge is 0.519 e. The first kappa shape index (κ1) is 21.2. The molecule has 0 aromatic carbocycles. The molecule has 0 aromatic heterocycles. The lowest BCUT2D eigenvalue weighted by Crippen LogP contribution is -2.62. The zero-order valence-corrected chi connectivity index (χ0v) is 16.3. The summed E-state index contributed by atoms with van der Waals surface area (Å²) in [5.74, 6) is 0. The van der Waals surface area contributed by atoms with Crippen LogP contribution in [0.2, 0.25) is 0 Å². The SMILES string of the molecule is CCO[Si](OCC)(OCC)C(C)(C)P(=O)(OCC)OCC. The van der Waals surface area contributed by atoms with Gasteiger partial charge in [-0.2, -0.15) is 0 Å². The van der Waals surface area contributed by atoms with Gasteiger partial charge in [0.1, 0.15) is 4.78 Å². The zero-order valence-electron chi connectivity index (χ0n) is 14.4. The van der Waals surface area contributed by atoms with Crippen LogP contribution in [0.25, 0.3) is 0 Å². The smallest absolute Gasteiger partial charge is 0.373 e. The Kier molecular flexibility index (Phi) is 9.51. The summed E-state index contributed by atoms with van der Waals surface area (Å²) in [7, 11) is -6.69. The van der Waals surface area contributed by atoms with Crippen LogP contribution in [0.5, 0.6) is 0 Å². The van der Waals surface area contributed by atoms with E-state index in [0.717, 1.165) is 0 Å². The third kappa shape index (κ3) is 4.61. The zero-order chi connectivity index (χ0) is 16.6. The lowest BCUT2D eigenvalue weighted by Gasteiger charge is -2.43. The van der Waals surface area contributed by atoms with Crippen LogP contribution >= 0.6 is 7.60 Å². The van der Waals surface area contributed by atoms with Crippen molar-refractivity contribution in [1.29, 1.82) is 0 Å². The van der Waals surface area contributed by atoms with E-state index in [9.17, 15) is 4.57 Å². The Labute approximate surface area is 130 Å². The van der Waals surface area contributed by atoms with Crippen LogP contribution in [0.1, 0.15) is 48.5 Å². The van der Waals surface area contributed by atoms with E-state index in [1.165, 1.54) is 0 Å². The average molecular weight is 342 g/mol. The fraction of sp³-hybridized carbons (Fsp3) is 1.00. The van der Waals surface area contributed by atoms with Gasteiger partial charge in [0.2, 0.25) is 0 Å². The highest BCUT2D eigenvalue weighted by atomic mass is 31.2. The first-order chi connectivity index (χ1) is 9.80. The van der Waals surface area contributed by atoms with Gasteiger partial charge in [0, 0.05) is 19.8 Å². The lowest BCUT2D eigenvalue weighted by atomic mass is 10.5. The Morgan fingerprint density at radius 1 is 0.762 bits per heavy atom. The Morgan fingerprint density at radius 2 is 1.10 bits per heavy atom. The van der Waals surface area contributed by atoms with Crippen LogP contribution in [0.4, 0.5) is 0 Å². The van der Waals surface area contributed by atoms with Crippen LogP contribution in [0.15, 0.2) is 0 Å². The van der Waals surface area contributed by atoms with E-state index in [2.05, 4.69) is 0 Å². The molecule has 0 unspecified atom stereocenters. The fourth-order valence-corrected chi connectivity index (χ4v) is 8.25. The van der Waals surface area contributed by atoms with Crippen molar-refractivity contribution in [2.45, 2.75) is 53.2 Å². The van der Waals surface area contributed by atoms with Gasteiger partial charge in [-0.25, -0.2) is 0 Å². The molecule has 0 amide bonds. The summed E-state index contributed by atoms with van der Waals surface area (Å²) in [5, 5.41) is 0. The van der Waals surface area contributed by atoms with Crippen molar-refractivity contribution in [2.24, 2.45) is 0 Å². The Hall–Kier alpha value is 0.247. The highest BCUT2D eigenvalue weighted by Crippen LogP contribution is 2.63. The third-order valence-corrected chi connectivity index (χ3v) is 10.7. The van der Waals surface area contributed by atoms with Gasteiger partial charge < -0.3 is 22.3 Å². The molecule has 0 spiro atoms. The van der Waals surface area contributed by atoms with Crippen LogP contribution in [0, 0.1) is 0 Å². The maximum Gasteiger partial charge on any atom is 0.519 e. The van der Waals surface area contributed by atoms with Gasteiger partial charge in [0.05, 0.1) is 13.2 Å². The Bertz CT molecular complexity index is 310. The van der Waals surface area contributed by atoms with Gasteiger partial charge in [0.15, 0.2) is 0 Å². The van der Waals surface area contributed by atoms with Crippen molar-refractivity contribution in [2.75, 3.05) is 33.0 Å². The minimum absolute atomic E-state index is 0.287. The summed E-state index contributed by atoms with van der Waals surface area (Å²) >= 11 is 0. The summed E-state index contributed by atoms with van der Waals surface area (Å²) in [6.07, 6.45) is 0. The van der Waals surface area contributed by atoms with Crippen LogP contribution in [-0.4, -0.2) is 46.6 Å². The second-order valence-corrected chi connectivity index (χ2v) is 11.0. The summed E-state index contributed by atoms with van der Waals surface area (Å²) in [6, 6.07) is 0. The van der Waals surface area contributed by atoms with E-state index < -0.39 is 21.2 Å². The second kappa shape index (κ2) is 9.40. The highest BCUT2D eigenvalue weighted by molar-refractivity contribution is 7.58. The van der Waals surface area contributed by atoms with Gasteiger partial charge in [0.25, 0.3) is 0 Å². The molecule has 0 aliphatic heterocycles. The molecule has 0 aromatic rings. The van der Waals surface area contributed by atoms with Crippen molar-refractivity contribution in [3.63, 3.8) is 0 Å². The molecule has 0 heterocycles. The van der Waals surface area contributed by atoms with E-state index in [0.29, 0.717) is 19.8 Å². The molecule has 0 fully saturated rings. The maximum atomic E-state index is 13.3. The molecule has 8 heteroatoms. The first-order valence-corrected chi connectivity index (χ1v) is 10.9. The topological polar surface area (TPSA) is 63.2 Å². The molecule has 0 aliphatic carbocycles. The average Bonchev–Trinajstić information content (AvgIpc) is 2.39. The summed E-state index contributed by atoms with van der Waals surface area (Å²) < 4.78 is 40.9. The normalized spacial score (nSPS) is 13.7. The fourth-order valence-electron chi connectivity index (χ4n) is 2.09. The Balaban J connectivity index is 5.82. The van der Waals surface area contributed by atoms with Crippen molar-refractivity contribution < 1.29 is 26.9 Å². The van der Waals surface area contributed by atoms with E-state index in [-0.39, 0.29) is 13.2 Å². The number of hydrogen-bond donors (Lipinski definition) is 0. The van der Waals surface area contributed by atoms with Crippen LogP contribution in [-0.2, 0) is 26.9 Å². The summed E-state index contributed by atoms with van der Waals surface area (Å²) in [5.41, 5.74) is 0. The molecule has 0 saturated heterocycles. The van der Waals surface area contributed by atoms with E-state index in [1.807, 2.05) is 20.8 Å². The molecule has 0 aliphatic rings. The molecule has 0 atom stereocenters. The van der Waals surface area contributed by atoms with E-state index in [4.69, 9.17) is 22.3 Å². The van der Waals surface area contributed by atoms with Gasteiger partial charge >= 0.3 is 16.4 Å². The minimum atomic E-state index is -3.45. The van der Waals surface area contributed by atoms with Crippen LogP contribution in [0.3, 0.4) is 0 Å². The third-order valence-electron chi connectivity index (χ3n) is 3.04. The Morgan fingerprint density at radius 3 is 1.33 bits per heavy atom. The van der Waals surface area contributed by atoms with Gasteiger partial charge in [-0.05, 0) is 48.5 Å². The standard InChI is InChI=1S/C13H31O6PSi/c1-8-15-20(14,16-9-2)13(6,7)21(17-10-3,18-11-4)19-12-5/h8-12H2,1-7H3. The van der Waals surface area contributed by atoms with Gasteiger partial charge in [-0.1, -0.05) is 0 Å². The number of rotatable bonds is 12. The van der Waals surface area contributed by atoms with E-state index in [1.54, 1.807) is 27.7 Å². The van der Waals surface area contributed by atoms with Crippen molar-refractivity contribution in [1.82, 2.24) is 0 Å². The van der Waals surface area contributed by atoms with Crippen molar-refractivity contribution >= 4 is 16.4 Å². The molecule has 21 heavy (non-hydrogen) atoms. The van der Waals surface area contributed by atoms with Crippen molar-refractivity contribution in [3.8, 4) is 0 Å². The molecule has 0 radical (unpaired) electrons. The van der Waals surface area contributed by atoms with Crippen LogP contribution < -0.4 is 0 Å². The lowest BCUT2D eigenvalue weighted by molar-refractivity contribution is 0.0544.